The van der Waals surface area contributed by atoms with Crippen molar-refractivity contribution < 1.29 is 14.8 Å². The first kappa shape index (κ1) is 21.5. The van der Waals surface area contributed by atoms with Gasteiger partial charge in [0.15, 0.2) is 5.82 Å². The summed E-state index contributed by atoms with van der Waals surface area (Å²) >= 11 is 0. The molecule has 0 spiro atoms. The lowest BCUT2D eigenvalue weighted by Crippen LogP contribution is -2.47. The molecule has 3 aromatic rings. The third-order valence-corrected chi connectivity index (χ3v) is 5.53. The summed E-state index contributed by atoms with van der Waals surface area (Å²) in [5, 5.41) is 22.3. The Labute approximate surface area is 185 Å². The van der Waals surface area contributed by atoms with Crippen LogP contribution in [-0.2, 0) is 0 Å². The zero-order chi connectivity index (χ0) is 22.7. The largest absolute Gasteiger partial charge is 0.382 e. The van der Waals surface area contributed by atoms with E-state index in [1.807, 2.05) is 37.4 Å². The van der Waals surface area contributed by atoms with Crippen LogP contribution in [0.25, 0.3) is 11.4 Å². The van der Waals surface area contributed by atoms with Crippen molar-refractivity contribution in [3.05, 3.63) is 87.7 Å². The van der Waals surface area contributed by atoms with Crippen LogP contribution in [0.4, 0.5) is 5.69 Å². The zero-order valence-corrected chi connectivity index (χ0v) is 17.6. The fourth-order valence-electron chi connectivity index (χ4n) is 3.64. The molecule has 0 aliphatic carbocycles. The average Bonchev–Trinajstić information content (AvgIpc) is 2.84. The summed E-state index contributed by atoms with van der Waals surface area (Å²) in [4.78, 5) is 36.7. The van der Waals surface area contributed by atoms with Crippen LogP contribution in [0, 0.1) is 10.1 Å². The molecule has 1 unspecified atom stereocenters. The van der Waals surface area contributed by atoms with Crippen molar-refractivity contribution in [1.82, 2.24) is 19.8 Å². The predicted octanol–water partition coefficient (Wildman–Crippen LogP) is 2.52. The molecule has 1 N–H and O–H groups in total. The Kier molecular flexibility index (Phi) is 6.20. The van der Waals surface area contributed by atoms with Gasteiger partial charge in [0.25, 0.3) is 11.6 Å². The van der Waals surface area contributed by atoms with Crippen molar-refractivity contribution in [2.45, 2.75) is 6.10 Å². The fraction of sp³-hybridized carbons (Fsp3) is 0.261. The first-order valence-corrected chi connectivity index (χ1v) is 10.3. The molecule has 1 aliphatic rings. The number of aliphatic hydroxyl groups excluding tert-OH is 1. The van der Waals surface area contributed by atoms with E-state index in [1.54, 1.807) is 11.0 Å². The van der Waals surface area contributed by atoms with E-state index in [9.17, 15) is 20.0 Å². The number of nitrogens with zero attached hydrogens (tertiary/aromatic N) is 5. The van der Waals surface area contributed by atoms with Gasteiger partial charge in [-0.2, -0.15) is 0 Å². The van der Waals surface area contributed by atoms with E-state index in [1.165, 1.54) is 24.4 Å². The minimum absolute atomic E-state index is 0.128. The number of likely N-dealkylation sites (N-methyl/N-ethyl adjacent to an activating group) is 1. The number of aliphatic hydroxyl groups is 1. The number of amides is 1. The van der Waals surface area contributed by atoms with Gasteiger partial charge in [-0.1, -0.05) is 42.5 Å². The molecule has 0 radical (unpaired) electrons. The molecule has 1 amide bonds. The standard InChI is InChI=1S/C23H23N5O4/c1-26-10-12-27(13-11-26)23(30)19-15-24-22(16-6-3-2-4-7-16)25-20(19)21(29)17-8-5-9-18(14-17)28(31)32/h2-9,14-15,21,29H,10-13H2,1H3. The summed E-state index contributed by atoms with van der Waals surface area (Å²) in [7, 11) is 2.00. The maximum Gasteiger partial charge on any atom is 0.269 e. The van der Waals surface area contributed by atoms with Gasteiger partial charge < -0.3 is 14.9 Å². The molecule has 32 heavy (non-hydrogen) atoms. The highest BCUT2D eigenvalue weighted by atomic mass is 16.6. The van der Waals surface area contributed by atoms with Gasteiger partial charge in [0.05, 0.1) is 16.2 Å². The second-order valence-corrected chi connectivity index (χ2v) is 7.71. The highest BCUT2D eigenvalue weighted by molar-refractivity contribution is 5.95. The highest BCUT2D eigenvalue weighted by Crippen LogP contribution is 2.28. The molecule has 9 nitrogen and oxygen atoms in total. The second-order valence-electron chi connectivity index (χ2n) is 7.71. The SMILES string of the molecule is CN1CCN(C(=O)c2cnc(-c3ccccc3)nc2C(O)c2cccc([N+](=O)[O-])c2)CC1. The van der Waals surface area contributed by atoms with Gasteiger partial charge in [-0.3, -0.25) is 14.9 Å². The summed E-state index contributed by atoms with van der Waals surface area (Å²) in [6.07, 6.45) is 0.109. The van der Waals surface area contributed by atoms with E-state index in [2.05, 4.69) is 14.9 Å². The summed E-state index contributed by atoms with van der Waals surface area (Å²) in [5.74, 6) is 0.0946. The number of non-ortho nitro benzene ring substituents is 1. The van der Waals surface area contributed by atoms with Crippen molar-refractivity contribution >= 4 is 11.6 Å². The number of benzene rings is 2. The van der Waals surface area contributed by atoms with E-state index < -0.39 is 11.0 Å². The van der Waals surface area contributed by atoms with Gasteiger partial charge >= 0.3 is 0 Å². The summed E-state index contributed by atoms with van der Waals surface area (Å²) in [5.41, 5.74) is 1.19. The van der Waals surface area contributed by atoms with E-state index in [-0.39, 0.29) is 28.4 Å². The predicted molar refractivity (Wildman–Crippen MR) is 118 cm³/mol. The molecule has 9 heteroatoms. The lowest BCUT2D eigenvalue weighted by Gasteiger charge is -2.32. The van der Waals surface area contributed by atoms with Gasteiger partial charge in [-0.05, 0) is 12.6 Å². The topological polar surface area (TPSA) is 113 Å². The minimum Gasteiger partial charge on any atom is -0.382 e. The van der Waals surface area contributed by atoms with Crippen LogP contribution in [0.5, 0.6) is 0 Å². The first-order chi connectivity index (χ1) is 15.4. The summed E-state index contributed by atoms with van der Waals surface area (Å²) in [6.45, 7) is 2.61. The molecule has 0 bridgehead atoms. The first-order valence-electron chi connectivity index (χ1n) is 10.3. The van der Waals surface area contributed by atoms with Crippen LogP contribution in [0.1, 0.15) is 27.7 Å². The van der Waals surface area contributed by atoms with Gasteiger partial charge in [0.2, 0.25) is 0 Å². The molecular weight excluding hydrogens is 410 g/mol. The third-order valence-electron chi connectivity index (χ3n) is 5.53. The van der Waals surface area contributed by atoms with E-state index in [4.69, 9.17) is 0 Å². The molecule has 1 fully saturated rings. The quantitative estimate of drug-likeness (QED) is 0.486. The molecular formula is C23H23N5O4. The number of carbonyl (C=O) groups is 1. The van der Waals surface area contributed by atoms with E-state index >= 15 is 0 Å². The second kappa shape index (κ2) is 9.21. The molecule has 1 aliphatic heterocycles. The van der Waals surface area contributed by atoms with E-state index in [0.717, 1.165) is 18.7 Å². The van der Waals surface area contributed by atoms with Crippen LogP contribution < -0.4 is 0 Å². The van der Waals surface area contributed by atoms with Crippen LogP contribution in [0.15, 0.2) is 60.8 Å². The van der Waals surface area contributed by atoms with Gasteiger partial charge in [-0.25, -0.2) is 9.97 Å². The highest BCUT2D eigenvalue weighted by Gasteiger charge is 2.28. The van der Waals surface area contributed by atoms with Crippen LogP contribution in [0.3, 0.4) is 0 Å². The van der Waals surface area contributed by atoms with Crippen LogP contribution in [-0.4, -0.2) is 68.9 Å². The Morgan fingerprint density at radius 3 is 2.50 bits per heavy atom. The minimum atomic E-state index is -1.33. The molecule has 1 atom stereocenters. The number of piperazine rings is 1. The van der Waals surface area contributed by atoms with Crippen molar-refractivity contribution in [2.24, 2.45) is 0 Å². The zero-order valence-electron chi connectivity index (χ0n) is 17.6. The lowest BCUT2D eigenvalue weighted by atomic mass is 10.0. The Morgan fingerprint density at radius 1 is 1.09 bits per heavy atom. The monoisotopic (exact) mass is 433 g/mol. The molecule has 1 aromatic heterocycles. The smallest absolute Gasteiger partial charge is 0.269 e. The Balaban J connectivity index is 1.77. The molecule has 2 aromatic carbocycles. The normalized spacial score (nSPS) is 15.4. The lowest BCUT2D eigenvalue weighted by molar-refractivity contribution is -0.385. The summed E-state index contributed by atoms with van der Waals surface area (Å²) < 4.78 is 0. The molecule has 1 saturated heterocycles. The Hall–Kier alpha value is -3.69. The van der Waals surface area contributed by atoms with Gasteiger partial charge in [-0.15, -0.1) is 0 Å². The van der Waals surface area contributed by atoms with Crippen LogP contribution >= 0.6 is 0 Å². The number of nitro benzene ring substituents is 1. The molecule has 2 heterocycles. The number of nitro groups is 1. The molecule has 0 saturated carbocycles. The van der Waals surface area contributed by atoms with Crippen molar-refractivity contribution in [2.75, 3.05) is 33.2 Å². The van der Waals surface area contributed by atoms with E-state index in [0.29, 0.717) is 18.9 Å². The summed E-state index contributed by atoms with van der Waals surface area (Å²) in [6, 6.07) is 14.9. The fourth-order valence-corrected chi connectivity index (χ4v) is 3.64. The Morgan fingerprint density at radius 2 is 1.81 bits per heavy atom. The van der Waals surface area contributed by atoms with Crippen molar-refractivity contribution in [3.8, 4) is 11.4 Å². The number of carbonyl (C=O) groups excluding carboxylic acids is 1. The Bertz CT molecular complexity index is 1130. The van der Waals surface area contributed by atoms with Crippen molar-refractivity contribution in [1.29, 1.82) is 0 Å². The molecule has 4 rings (SSSR count). The van der Waals surface area contributed by atoms with Crippen LogP contribution in [0.2, 0.25) is 0 Å². The molecule has 164 valence electrons. The average molecular weight is 433 g/mol. The van der Waals surface area contributed by atoms with Gasteiger partial charge in [0.1, 0.15) is 6.10 Å². The number of aromatic nitrogens is 2. The number of rotatable bonds is 5. The maximum atomic E-state index is 13.3. The third kappa shape index (κ3) is 4.48. The number of hydrogen-bond acceptors (Lipinski definition) is 7. The van der Waals surface area contributed by atoms with Crippen molar-refractivity contribution in [3.63, 3.8) is 0 Å². The van der Waals surface area contributed by atoms with Gasteiger partial charge in [0, 0.05) is 50.1 Å². The number of hydrogen-bond donors (Lipinski definition) is 1. The maximum absolute atomic E-state index is 13.3.